The zero-order valence-electron chi connectivity index (χ0n) is 26.3. The lowest BCUT2D eigenvalue weighted by Gasteiger charge is -2.20. The third kappa shape index (κ3) is 3.15. The van der Waals surface area contributed by atoms with Gasteiger partial charge >= 0.3 is 0 Å². The molecule has 11 aromatic carbocycles. The van der Waals surface area contributed by atoms with E-state index >= 15 is 0 Å². The smallest absolute Gasteiger partial charge is 0.00197 e. The highest BCUT2D eigenvalue weighted by Gasteiger charge is 2.21. The molecule has 0 atom stereocenters. The molecule has 0 amide bonds. The lowest BCUT2D eigenvalue weighted by Crippen LogP contribution is -1.92. The van der Waals surface area contributed by atoms with Crippen molar-refractivity contribution in [1.82, 2.24) is 0 Å². The van der Waals surface area contributed by atoms with Gasteiger partial charge in [-0.1, -0.05) is 135 Å². The second kappa shape index (κ2) is 9.18. The van der Waals surface area contributed by atoms with Crippen LogP contribution in [0.25, 0.3) is 120 Å². The van der Waals surface area contributed by atoms with Gasteiger partial charge < -0.3 is 0 Å². The van der Waals surface area contributed by atoms with Gasteiger partial charge in [0.05, 0.1) is 0 Å². The first-order chi connectivity index (χ1) is 23.7. The summed E-state index contributed by atoms with van der Waals surface area (Å²) in [5.74, 6) is 0. The van der Waals surface area contributed by atoms with Gasteiger partial charge in [-0.3, -0.25) is 0 Å². The topological polar surface area (TPSA) is 0 Å². The van der Waals surface area contributed by atoms with Gasteiger partial charge in [-0.2, -0.15) is 0 Å². The monoisotopic (exact) mass is 604 g/mol. The minimum Gasteiger partial charge on any atom is -0.0985 e. The van der Waals surface area contributed by atoms with Gasteiger partial charge in [-0.15, -0.1) is 0 Å². The quantitative estimate of drug-likeness (QED) is 0.136. The van der Waals surface area contributed by atoms with E-state index in [4.69, 9.17) is 0 Å². The summed E-state index contributed by atoms with van der Waals surface area (Å²) in [6, 6.07) is 50.3. The fourth-order valence-corrected chi connectivity index (χ4v) is 9.01. The Bertz CT molecular complexity index is 3030. The lowest BCUT2D eigenvalue weighted by molar-refractivity contribution is 1.75. The van der Waals surface area contributed by atoms with Gasteiger partial charge in [0, 0.05) is 0 Å². The van der Waals surface area contributed by atoms with Crippen LogP contribution in [0, 0.1) is 0 Å². The fraction of sp³-hybridized carbons (Fsp3) is 0. The van der Waals surface area contributed by atoms with Crippen molar-refractivity contribution in [3.8, 4) is 0 Å². The highest BCUT2D eigenvalue weighted by atomic mass is 14.2. The Morgan fingerprint density at radius 2 is 0.562 bits per heavy atom. The Labute approximate surface area is 276 Å². The minimum atomic E-state index is 1.14. The second-order valence-electron chi connectivity index (χ2n) is 13.3. The van der Waals surface area contributed by atoms with Gasteiger partial charge in [0.2, 0.25) is 0 Å². The number of rotatable bonds is 2. The summed E-state index contributed by atoms with van der Waals surface area (Å²) >= 11 is 0. The molecule has 0 bridgehead atoms. The van der Waals surface area contributed by atoms with Crippen LogP contribution in [0.5, 0.6) is 0 Å². The molecule has 0 heterocycles. The SMILES string of the molecule is C=Cc1ccc2c(c1)c1ccccc1c1cc3c4cccc5c6c7ccc(C=C)cc7c7ccccc7c6cc(c6cccc(c21)c63)c45. The molecule has 11 rings (SSSR count). The maximum Gasteiger partial charge on any atom is -0.00197 e. The van der Waals surface area contributed by atoms with Crippen molar-refractivity contribution in [2.45, 2.75) is 0 Å². The van der Waals surface area contributed by atoms with E-state index in [-0.39, 0.29) is 0 Å². The summed E-state index contributed by atoms with van der Waals surface area (Å²) < 4.78 is 0. The molecule has 0 heteroatoms. The molecule has 0 fully saturated rings. The van der Waals surface area contributed by atoms with Crippen molar-refractivity contribution in [3.05, 3.63) is 158 Å². The van der Waals surface area contributed by atoms with Crippen molar-refractivity contribution in [2.75, 3.05) is 0 Å². The van der Waals surface area contributed by atoms with Crippen LogP contribution in [0.15, 0.2) is 147 Å². The van der Waals surface area contributed by atoms with Gasteiger partial charge in [0.25, 0.3) is 0 Å². The molecule has 0 nitrogen and oxygen atoms in total. The first-order valence-corrected chi connectivity index (χ1v) is 16.7. The van der Waals surface area contributed by atoms with Crippen molar-refractivity contribution in [3.63, 3.8) is 0 Å². The van der Waals surface area contributed by atoms with E-state index in [1.165, 1.54) is 108 Å². The van der Waals surface area contributed by atoms with Gasteiger partial charge in [0.1, 0.15) is 0 Å². The van der Waals surface area contributed by atoms with Crippen LogP contribution in [-0.4, -0.2) is 0 Å². The zero-order chi connectivity index (χ0) is 31.7. The Kier molecular flexibility index (Phi) is 4.96. The highest BCUT2D eigenvalue weighted by molar-refractivity contribution is 6.44. The van der Waals surface area contributed by atoms with Gasteiger partial charge in [0.15, 0.2) is 0 Å². The maximum absolute atomic E-state index is 4.07. The van der Waals surface area contributed by atoms with E-state index in [1.54, 1.807) is 0 Å². The predicted octanol–water partition coefficient (Wildman–Crippen LogP) is 13.9. The van der Waals surface area contributed by atoms with Crippen LogP contribution >= 0.6 is 0 Å². The number of hydrogen-bond acceptors (Lipinski definition) is 0. The van der Waals surface area contributed by atoms with E-state index in [1.807, 2.05) is 12.2 Å². The van der Waals surface area contributed by atoms with Crippen molar-refractivity contribution >= 4 is 120 Å². The molecule has 11 aromatic rings. The van der Waals surface area contributed by atoms with Gasteiger partial charge in [-0.05, 0) is 143 Å². The van der Waals surface area contributed by atoms with E-state index in [9.17, 15) is 0 Å². The van der Waals surface area contributed by atoms with Crippen LogP contribution in [0.2, 0.25) is 0 Å². The third-order valence-corrected chi connectivity index (χ3v) is 11.0. The average molecular weight is 605 g/mol. The maximum atomic E-state index is 4.07. The largest absolute Gasteiger partial charge is 0.0985 e. The second-order valence-corrected chi connectivity index (χ2v) is 13.3. The summed E-state index contributed by atoms with van der Waals surface area (Å²) in [7, 11) is 0. The Balaban J connectivity index is 1.44. The molecule has 0 N–H and O–H groups in total. The van der Waals surface area contributed by atoms with Crippen molar-refractivity contribution in [1.29, 1.82) is 0 Å². The first kappa shape index (κ1) is 25.9. The molecule has 0 aliphatic carbocycles. The minimum absolute atomic E-state index is 1.14. The average Bonchev–Trinajstić information content (AvgIpc) is 3.16. The standard InChI is InChI=1S/C48H28/c1-3-27-19-21-35-39(23-27)29-11-5-7-13-31(29)41-25-43-34-16-10-18-38-46(34)44(33-15-9-17-37(45(33)43)47(35)41)26-42-32-14-8-6-12-30(32)40-24-28(4-2)20-22-36(40)48(38)42/h3-26H,1-2H2. The molecule has 0 aromatic heterocycles. The van der Waals surface area contributed by atoms with Crippen LogP contribution in [0.1, 0.15) is 11.1 Å². The molecule has 220 valence electrons. The van der Waals surface area contributed by atoms with E-state index in [2.05, 4.69) is 147 Å². The Hall–Kier alpha value is -6.24. The van der Waals surface area contributed by atoms with E-state index < -0.39 is 0 Å². The summed E-state index contributed by atoms with van der Waals surface area (Å²) in [6.07, 6.45) is 3.90. The van der Waals surface area contributed by atoms with Crippen LogP contribution in [0.4, 0.5) is 0 Å². The molecule has 48 heavy (non-hydrogen) atoms. The Morgan fingerprint density at radius 3 is 0.958 bits per heavy atom. The predicted molar refractivity (Wildman–Crippen MR) is 213 cm³/mol. The van der Waals surface area contributed by atoms with E-state index in [0.717, 1.165) is 11.1 Å². The van der Waals surface area contributed by atoms with Gasteiger partial charge in [-0.25, -0.2) is 0 Å². The molecule has 0 saturated heterocycles. The summed E-state index contributed by atoms with van der Waals surface area (Å²) in [6.45, 7) is 8.15. The third-order valence-electron chi connectivity index (χ3n) is 11.0. The molecule has 0 aliphatic heterocycles. The summed E-state index contributed by atoms with van der Waals surface area (Å²) in [5, 5.41) is 26.1. The molecule has 0 aliphatic rings. The summed E-state index contributed by atoms with van der Waals surface area (Å²) in [5.41, 5.74) is 2.28. The lowest BCUT2D eigenvalue weighted by atomic mass is 9.82. The van der Waals surface area contributed by atoms with Crippen molar-refractivity contribution in [2.24, 2.45) is 0 Å². The fourth-order valence-electron chi connectivity index (χ4n) is 9.01. The molecule has 0 saturated carbocycles. The molecular formula is C48H28. The van der Waals surface area contributed by atoms with Crippen LogP contribution in [-0.2, 0) is 0 Å². The molecule has 0 unspecified atom stereocenters. The molecule has 0 radical (unpaired) electrons. The van der Waals surface area contributed by atoms with Crippen LogP contribution < -0.4 is 0 Å². The number of hydrogen-bond donors (Lipinski definition) is 0. The van der Waals surface area contributed by atoms with Crippen molar-refractivity contribution < 1.29 is 0 Å². The number of fused-ring (bicyclic) bond motifs is 16. The zero-order valence-corrected chi connectivity index (χ0v) is 26.3. The Morgan fingerprint density at radius 1 is 0.250 bits per heavy atom. The van der Waals surface area contributed by atoms with E-state index in [0.29, 0.717) is 0 Å². The van der Waals surface area contributed by atoms with Crippen LogP contribution in [0.3, 0.4) is 0 Å². The normalized spacial score (nSPS) is 12.3. The molecule has 0 spiro atoms. The summed E-state index contributed by atoms with van der Waals surface area (Å²) in [4.78, 5) is 0. The highest BCUT2D eigenvalue weighted by Crippen LogP contribution is 2.49. The number of benzene rings is 11. The molecular weight excluding hydrogens is 577 g/mol. The first-order valence-electron chi connectivity index (χ1n) is 16.7.